The summed E-state index contributed by atoms with van der Waals surface area (Å²) in [4.78, 5) is 28.3. The number of carbonyl (C=O) groups is 2. The van der Waals surface area contributed by atoms with Crippen LogP contribution in [0.1, 0.15) is 39.5 Å². The lowest BCUT2D eigenvalue weighted by Crippen LogP contribution is -2.44. The molecule has 1 unspecified atom stereocenters. The zero-order chi connectivity index (χ0) is 15.2. The van der Waals surface area contributed by atoms with E-state index in [2.05, 4.69) is 19.2 Å². The van der Waals surface area contributed by atoms with Crippen molar-refractivity contribution in [2.24, 2.45) is 11.8 Å². The van der Waals surface area contributed by atoms with Gasteiger partial charge in [-0.25, -0.2) is 0 Å². The number of nitrogens with zero attached hydrogens (tertiary/aromatic N) is 2. The molecule has 0 radical (unpaired) electrons. The second kappa shape index (κ2) is 7.78. The molecule has 0 aromatic rings. The monoisotopic (exact) mass is 295 g/mol. The molecule has 2 rings (SSSR count). The van der Waals surface area contributed by atoms with Gasteiger partial charge in [-0.3, -0.25) is 9.59 Å². The summed E-state index contributed by atoms with van der Waals surface area (Å²) in [5.41, 5.74) is 0. The van der Waals surface area contributed by atoms with E-state index in [1.54, 1.807) is 4.90 Å². The molecule has 2 aliphatic rings. The van der Waals surface area contributed by atoms with Crippen molar-refractivity contribution in [1.29, 1.82) is 0 Å². The topological polar surface area (TPSA) is 52.7 Å². The highest BCUT2D eigenvalue weighted by Gasteiger charge is 2.27. The molecule has 21 heavy (non-hydrogen) atoms. The van der Waals surface area contributed by atoms with Gasteiger partial charge in [-0.15, -0.1) is 0 Å². The van der Waals surface area contributed by atoms with Crippen molar-refractivity contribution in [3.8, 4) is 0 Å². The summed E-state index contributed by atoms with van der Waals surface area (Å²) >= 11 is 0. The van der Waals surface area contributed by atoms with Crippen LogP contribution in [0, 0.1) is 11.8 Å². The number of rotatable bonds is 3. The number of carbonyl (C=O) groups excluding carboxylic acids is 2. The molecule has 2 saturated heterocycles. The standard InChI is InChI=1S/C16H29N3O2/c1-13(2)14-4-5-15(20)19(10-6-14)12-16(21)18-9-3-7-17-8-11-18/h13-14,17H,3-12H2,1-2H3. The predicted molar refractivity (Wildman–Crippen MR) is 82.8 cm³/mol. The van der Waals surface area contributed by atoms with E-state index in [1.165, 1.54) is 0 Å². The molecule has 0 spiro atoms. The van der Waals surface area contributed by atoms with Gasteiger partial charge >= 0.3 is 0 Å². The van der Waals surface area contributed by atoms with Crippen LogP contribution in [0.5, 0.6) is 0 Å². The number of hydrogen-bond donors (Lipinski definition) is 1. The Morgan fingerprint density at radius 2 is 2.05 bits per heavy atom. The van der Waals surface area contributed by atoms with E-state index in [0.717, 1.165) is 52.0 Å². The van der Waals surface area contributed by atoms with E-state index < -0.39 is 0 Å². The first-order chi connectivity index (χ1) is 10.1. The molecule has 2 heterocycles. The van der Waals surface area contributed by atoms with E-state index in [-0.39, 0.29) is 18.4 Å². The SMILES string of the molecule is CC(C)C1CCC(=O)N(CC(=O)N2CCCNCC2)CC1. The average molecular weight is 295 g/mol. The van der Waals surface area contributed by atoms with Crippen LogP contribution >= 0.6 is 0 Å². The second-order valence-electron chi connectivity index (χ2n) is 6.63. The number of nitrogens with one attached hydrogen (secondary N) is 1. The molecule has 1 N–H and O–H groups in total. The van der Waals surface area contributed by atoms with Crippen LogP contribution in [0.3, 0.4) is 0 Å². The molecule has 0 saturated carbocycles. The van der Waals surface area contributed by atoms with Crippen molar-refractivity contribution < 1.29 is 9.59 Å². The summed E-state index contributed by atoms with van der Waals surface area (Å²) in [6.45, 7) is 8.85. The third-order valence-electron chi connectivity index (χ3n) is 4.81. The van der Waals surface area contributed by atoms with Gasteiger partial charge in [0.05, 0.1) is 6.54 Å². The fraction of sp³-hybridized carbons (Fsp3) is 0.875. The fourth-order valence-electron chi connectivity index (χ4n) is 3.25. The van der Waals surface area contributed by atoms with Crippen molar-refractivity contribution in [2.75, 3.05) is 39.3 Å². The highest BCUT2D eigenvalue weighted by Crippen LogP contribution is 2.25. The van der Waals surface area contributed by atoms with Crippen LogP contribution in [0.25, 0.3) is 0 Å². The molecule has 5 nitrogen and oxygen atoms in total. The Morgan fingerprint density at radius 1 is 1.24 bits per heavy atom. The lowest BCUT2D eigenvalue weighted by atomic mass is 9.89. The molecule has 2 aliphatic heterocycles. The Labute approximate surface area is 128 Å². The van der Waals surface area contributed by atoms with Gasteiger partial charge in [0, 0.05) is 32.6 Å². The van der Waals surface area contributed by atoms with E-state index >= 15 is 0 Å². The van der Waals surface area contributed by atoms with Crippen LogP contribution in [0.4, 0.5) is 0 Å². The molecule has 0 aromatic carbocycles. The minimum absolute atomic E-state index is 0.107. The van der Waals surface area contributed by atoms with Crippen molar-refractivity contribution in [1.82, 2.24) is 15.1 Å². The zero-order valence-electron chi connectivity index (χ0n) is 13.4. The summed E-state index contributed by atoms with van der Waals surface area (Å²) in [6, 6.07) is 0. The lowest BCUT2D eigenvalue weighted by Gasteiger charge is -2.26. The summed E-state index contributed by atoms with van der Waals surface area (Å²) < 4.78 is 0. The van der Waals surface area contributed by atoms with E-state index in [1.807, 2.05) is 4.90 Å². The average Bonchev–Trinajstić information content (AvgIpc) is 2.81. The normalized spacial score (nSPS) is 24.9. The molecule has 0 aromatic heterocycles. The summed E-state index contributed by atoms with van der Waals surface area (Å²) in [5, 5.41) is 3.30. The first-order valence-corrected chi connectivity index (χ1v) is 8.34. The largest absolute Gasteiger partial charge is 0.340 e. The Morgan fingerprint density at radius 3 is 2.81 bits per heavy atom. The van der Waals surface area contributed by atoms with Gasteiger partial charge in [0.15, 0.2) is 0 Å². The fourth-order valence-corrected chi connectivity index (χ4v) is 3.25. The van der Waals surface area contributed by atoms with Crippen LogP contribution < -0.4 is 5.32 Å². The molecule has 2 fully saturated rings. The second-order valence-corrected chi connectivity index (χ2v) is 6.63. The molecular weight excluding hydrogens is 266 g/mol. The molecule has 0 bridgehead atoms. The number of hydrogen-bond acceptors (Lipinski definition) is 3. The van der Waals surface area contributed by atoms with Crippen molar-refractivity contribution in [3.63, 3.8) is 0 Å². The van der Waals surface area contributed by atoms with Gasteiger partial charge in [0.25, 0.3) is 0 Å². The van der Waals surface area contributed by atoms with E-state index in [0.29, 0.717) is 18.3 Å². The minimum Gasteiger partial charge on any atom is -0.340 e. The van der Waals surface area contributed by atoms with Gasteiger partial charge in [-0.05, 0) is 37.6 Å². The molecular formula is C16H29N3O2. The zero-order valence-corrected chi connectivity index (χ0v) is 13.4. The maximum Gasteiger partial charge on any atom is 0.242 e. The Balaban J connectivity index is 1.88. The maximum atomic E-state index is 12.4. The number of likely N-dealkylation sites (tertiary alicyclic amines) is 1. The molecule has 1 atom stereocenters. The van der Waals surface area contributed by atoms with Crippen LogP contribution in [-0.2, 0) is 9.59 Å². The van der Waals surface area contributed by atoms with Gasteiger partial charge in [-0.1, -0.05) is 13.8 Å². The van der Waals surface area contributed by atoms with Crippen LogP contribution in [-0.4, -0.2) is 60.9 Å². The van der Waals surface area contributed by atoms with E-state index in [4.69, 9.17) is 0 Å². The van der Waals surface area contributed by atoms with Crippen LogP contribution in [0.2, 0.25) is 0 Å². The quantitative estimate of drug-likeness (QED) is 0.848. The Hall–Kier alpha value is -1.10. The molecule has 5 heteroatoms. The van der Waals surface area contributed by atoms with E-state index in [9.17, 15) is 9.59 Å². The third-order valence-corrected chi connectivity index (χ3v) is 4.81. The summed E-state index contributed by atoms with van der Waals surface area (Å²) in [7, 11) is 0. The highest BCUT2D eigenvalue weighted by molar-refractivity contribution is 5.85. The molecule has 120 valence electrons. The Kier molecular flexibility index (Phi) is 6.03. The van der Waals surface area contributed by atoms with Gasteiger partial charge < -0.3 is 15.1 Å². The van der Waals surface area contributed by atoms with Gasteiger partial charge in [0.2, 0.25) is 11.8 Å². The molecule has 2 amide bonds. The third kappa shape index (κ3) is 4.70. The summed E-state index contributed by atoms with van der Waals surface area (Å²) in [6.07, 6.45) is 3.58. The van der Waals surface area contributed by atoms with Crippen molar-refractivity contribution in [2.45, 2.75) is 39.5 Å². The van der Waals surface area contributed by atoms with Gasteiger partial charge in [-0.2, -0.15) is 0 Å². The van der Waals surface area contributed by atoms with Crippen LogP contribution in [0.15, 0.2) is 0 Å². The lowest BCUT2D eigenvalue weighted by molar-refractivity contribution is -0.140. The predicted octanol–water partition coefficient (Wildman–Crippen LogP) is 1.09. The first kappa shape index (κ1) is 16.3. The highest BCUT2D eigenvalue weighted by atomic mass is 16.2. The van der Waals surface area contributed by atoms with Crippen molar-refractivity contribution >= 4 is 11.8 Å². The van der Waals surface area contributed by atoms with Crippen molar-refractivity contribution in [3.05, 3.63) is 0 Å². The van der Waals surface area contributed by atoms with Gasteiger partial charge in [0.1, 0.15) is 0 Å². The smallest absolute Gasteiger partial charge is 0.242 e. The number of amides is 2. The molecule has 0 aliphatic carbocycles. The Bertz CT molecular complexity index is 363. The summed E-state index contributed by atoms with van der Waals surface area (Å²) in [5.74, 6) is 1.48. The maximum absolute atomic E-state index is 12.4. The first-order valence-electron chi connectivity index (χ1n) is 8.34. The minimum atomic E-state index is 0.107.